The number of halogens is 7. The van der Waals surface area contributed by atoms with E-state index in [2.05, 4.69) is 0 Å². The van der Waals surface area contributed by atoms with Crippen molar-refractivity contribution < 1.29 is 28.8 Å². The lowest BCUT2D eigenvalue weighted by atomic mass is 9.97. The number of imide groups is 2. The molecule has 0 bridgehead atoms. The van der Waals surface area contributed by atoms with Crippen molar-refractivity contribution in [3.63, 3.8) is 0 Å². The molecule has 4 aliphatic rings. The highest BCUT2D eigenvalue weighted by Gasteiger charge is 2.47. The molecule has 2 aliphatic carbocycles. The fourth-order valence-electron chi connectivity index (χ4n) is 7.93. The second kappa shape index (κ2) is 14.2. The van der Waals surface area contributed by atoms with E-state index in [1.807, 2.05) is 0 Å². The maximum absolute atomic E-state index is 14.3. The molecule has 0 spiro atoms. The van der Waals surface area contributed by atoms with Gasteiger partial charge in [0, 0.05) is 15.5 Å². The normalized spacial score (nSPS) is 17.8. The topological polar surface area (TPSA) is 122 Å². The number of anilines is 1. The molecule has 1 aromatic heterocycles. The van der Waals surface area contributed by atoms with Crippen LogP contribution in [0.4, 0.5) is 5.69 Å². The van der Waals surface area contributed by atoms with Crippen molar-refractivity contribution in [3.8, 4) is 0 Å². The number of hydrogen-bond acceptors (Lipinski definition) is 8. The molecule has 1 fully saturated rings. The van der Waals surface area contributed by atoms with Gasteiger partial charge < -0.3 is 0 Å². The molecule has 1 saturated carbocycles. The second-order valence-electron chi connectivity index (χ2n) is 13.8. The Morgan fingerprint density at radius 1 is 0.596 bits per heavy atom. The number of rotatable bonds is 6. The Bertz CT molecular complexity index is 2710. The van der Waals surface area contributed by atoms with Crippen molar-refractivity contribution in [2.45, 2.75) is 48.3 Å². The molecule has 1 atom stereocenters. The standard InChI is InChI=1S/C40H20Cl7N3O6S/c41-26-22-23(29(44)36(32(26)47)57-15-5-1-2-6-15)35(52)21(34(22)51)19-11-10-16-14(13-49-37(53)17-7-3-4-8-18(17)38(49)54)9-12-20(33(16)48-19)50-39(55)24-25(40(50)56)28(43)31(46)30(45)27(24)42/h3-4,7-12,15,21H,1-2,5-6,13H2. The number of fused-ring (bicyclic) bond motifs is 4. The summed E-state index contributed by atoms with van der Waals surface area (Å²) in [5, 5.41) is -0.543. The molecule has 3 heterocycles. The molecule has 9 rings (SSSR count). The average molecular weight is 919 g/mol. The maximum Gasteiger partial charge on any atom is 0.267 e. The van der Waals surface area contributed by atoms with E-state index < -0.39 is 41.1 Å². The number of carbonyl (C=O) groups excluding carboxylic acids is 6. The van der Waals surface area contributed by atoms with Crippen molar-refractivity contribution in [2.75, 3.05) is 4.90 Å². The van der Waals surface area contributed by atoms with Gasteiger partial charge in [0.1, 0.15) is 5.92 Å². The van der Waals surface area contributed by atoms with Crippen molar-refractivity contribution in [3.05, 3.63) is 128 Å². The van der Waals surface area contributed by atoms with Gasteiger partial charge in [0.25, 0.3) is 23.6 Å². The van der Waals surface area contributed by atoms with E-state index in [1.165, 1.54) is 36.0 Å². The van der Waals surface area contributed by atoms with Crippen molar-refractivity contribution in [1.29, 1.82) is 0 Å². The summed E-state index contributed by atoms with van der Waals surface area (Å²) < 4.78 is 0. The fourth-order valence-corrected chi connectivity index (χ4v) is 11.4. The van der Waals surface area contributed by atoms with Gasteiger partial charge in [-0.25, -0.2) is 9.88 Å². The highest BCUT2D eigenvalue weighted by molar-refractivity contribution is 8.00. The molecule has 286 valence electrons. The Hall–Kier alpha value is -3.71. The second-order valence-corrected chi connectivity index (χ2v) is 17.7. The van der Waals surface area contributed by atoms with Crippen LogP contribution in [0.25, 0.3) is 10.9 Å². The molecule has 1 unspecified atom stereocenters. The first-order valence-electron chi connectivity index (χ1n) is 17.3. The summed E-state index contributed by atoms with van der Waals surface area (Å²) >= 11 is 47.2. The first-order valence-corrected chi connectivity index (χ1v) is 20.8. The fraction of sp³-hybridized carbons (Fsp3) is 0.175. The Kier molecular flexibility index (Phi) is 9.69. The summed E-state index contributed by atoms with van der Waals surface area (Å²) in [7, 11) is 0. The third-order valence-electron chi connectivity index (χ3n) is 10.7. The van der Waals surface area contributed by atoms with Crippen LogP contribution in [-0.4, -0.2) is 50.3 Å². The minimum Gasteiger partial charge on any atom is -0.293 e. The highest BCUT2D eigenvalue weighted by Crippen LogP contribution is 2.52. The van der Waals surface area contributed by atoms with Gasteiger partial charge in [-0.15, -0.1) is 11.8 Å². The van der Waals surface area contributed by atoms with E-state index in [0.29, 0.717) is 10.5 Å². The van der Waals surface area contributed by atoms with Crippen LogP contribution in [-0.2, 0) is 6.54 Å². The van der Waals surface area contributed by atoms with Crippen LogP contribution in [0.3, 0.4) is 0 Å². The van der Waals surface area contributed by atoms with Crippen molar-refractivity contribution in [2.24, 2.45) is 0 Å². The van der Waals surface area contributed by atoms with Crippen LogP contribution in [0.15, 0.2) is 53.4 Å². The smallest absolute Gasteiger partial charge is 0.267 e. The largest absolute Gasteiger partial charge is 0.293 e. The number of hydrogen-bond donors (Lipinski definition) is 0. The lowest BCUT2D eigenvalue weighted by Gasteiger charge is -2.21. The number of nitrogens with zero attached hydrogens (tertiary/aromatic N) is 3. The van der Waals surface area contributed by atoms with Gasteiger partial charge in [0.2, 0.25) is 0 Å². The van der Waals surface area contributed by atoms with Crippen LogP contribution in [0.1, 0.15) is 105 Å². The minimum atomic E-state index is -1.53. The van der Waals surface area contributed by atoms with Crippen molar-refractivity contribution in [1.82, 2.24) is 9.88 Å². The molecule has 9 nitrogen and oxygen atoms in total. The van der Waals surface area contributed by atoms with Gasteiger partial charge >= 0.3 is 0 Å². The number of Topliss-reactive ketones (excluding diaryl/α,β-unsaturated/α-hetero) is 2. The van der Waals surface area contributed by atoms with E-state index >= 15 is 0 Å². The summed E-state index contributed by atoms with van der Waals surface area (Å²) in [4.78, 5) is 90.6. The van der Waals surface area contributed by atoms with Crippen LogP contribution in [0, 0.1) is 0 Å². The number of benzene rings is 4. The van der Waals surface area contributed by atoms with Crippen molar-refractivity contribution >= 4 is 145 Å². The zero-order valence-corrected chi connectivity index (χ0v) is 34.8. The molecule has 17 heteroatoms. The summed E-state index contributed by atoms with van der Waals surface area (Å²) in [5.74, 6) is -5.72. The van der Waals surface area contributed by atoms with E-state index in [0.717, 1.165) is 35.5 Å². The van der Waals surface area contributed by atoms with E-state index in [9.17, 15) is 28.8 Å². The predicted octanol–water partition coefficient (Wildman–Crippen LogP) is 11.6. The molecule has 4 amide bonds. The molecular weight excluding hydrogens is 899 g/mol. The summed E-state index contributed by atoms with van der Waals surface area (Å²) in [5.41, 5.74) is -0.0902. The number of pyridine rings is 1. The number of ketones is 2. The lowest BCUT2D eigenvalue weighted by molar-refractivity contribution is 0.0641. The Labute approximate surface area is 362 Å². The summed E-state index contributed by atoms with van der Waals surface area (Å²) in [6.07, 6.45) is 3.96. The average Bonchev–Trinajstić information content (AvgIpc) is 3.94. The quantitative estimate of drug-likeness (QED) is 0.0714. The number of carbonyl (C=O) groups is 6. The highest BCUT2D eigenvalue weighted by atomic mass is 35.5. The molecule has 0 saturated heterocycles. The maximum atomic E-state index is 14.3. The van der Waals surface area contributed by atoms with Crippen LogP contribution in [0.5, 0.6) is 0 Å². The predicted molar refractivity (Wildman–Crippen MR) is 221 cm³/mol. The van der Waals surface area contributed by atoms with E-state index in [-0.39, 0.29) is 103 Å². The van der Waals surface area contributed by atoms with E-state index in [1.54, 1.807) is 24.3 Å². The van der Waals surface area contributed by atoms with Gasteiger partial charge in [0.05, 0.1) is 92.0 Å². The number of thioether (sulfide) groups is 1. The zero-order valence-electron chi connectivity index (χ0n) is 28.7. The Morgan fingerprint density at radius 2 is 1.14 bits per heavy atom. The van der Waals surface area contributed by atoms with Gasteiger partial charge in [-0.1, -0.05) is 118 Å². The SMILES string of the molecule is O=C1c2c(Cl)c(Cl)c(SC3CCCC3)c(Cl)c2C(=O)C1c1ccc2c(CN3C(=O)c4ccccc4C3=O)ccc(N3C(=O)c4c(Cl)c(Cl)c(Cl)c(Cl)c4C3=O)c2n1. The third kappa shape index (κ3) is 5.70. The van der Waals surface area contributed by atoms with Crippen LogP contribution in [0.2, 0.25) is 35.2 Å². The summed E-state index contributed by atoms with van der Waals surface area (Å²) in [6, 6.07) is 12.3. The molecule has 0 N–H and O–H groups in total. The molecule has 0 radical (unpaired) electrons. The molecule has 2 aliphatic heterocycles. The zero-order chi connectivity index (χ0) is 40.3. The Morgan fingerprint density at radius 3 is 1.72 bits per heavy atom. The molecule has 57 heavy (non-hydrogen) atoms. The first kappa shape index (κ1) is 38.8. The third-order valence-corrected chi connectivity index (χ3v) is 15.4. The van der Waals surface area contributed by atoms with Gasteiger partial charge in [-0.2, -0.15) is 0 Å². The molecular formula is C40H20Cl7N3O6S. The van der Waals surface area contributed by atoms with Gasteiger partial charge in [0.15, 0.2) is 11.6 Å². The summed E-state index contributed by atoms with van der Waals surface area (Å²) in [6.45, 7) is -0.229. The minimum absolute atomic E-state index is 0.0268. The lowest BCUT2D eigenvalue weighted by Crippen LogP contribution is -2.31. The number of aromatic nitrogens is 1. The van der Waals surface area contributed by atoms with Gasteiger partial charge in [-0.3, -0.25) is 33.7 Å². The van der Waals surface area contributed by atoms with Crippen LogP contribution < -0.4 is 4.90 Å². The first-order chi connectivity index (χ1) is 27.2. The number of amides is 4. The molecule has 4 aromatic carbocycles. The monoisotopic (exact) mass is 915 g/mol. The van der Waals surface area contributed by atoms with E-state index in [4.69, 9.17) is 86.2 Å². The van der Waals surface area contributed by atoms with Crippen LogP contribution >= 0.6 is 93.0 Å². The molecule has 5 aromatic rings. The van der Waals surface area contributed by atoms with Gasteiger partial charge in [-0.05, 0) is 42.7 Å². The Balaban J connectivity index is 1.19.